The molecule has 0 aromatic carbocycles. The highest BCUT2D eigenvalue weighted by molar-refractivity contribution is 7.07. The number of aromatic nitrogens is 1. The van der Waals surface area contributed by atoms with Crippen LogP contribution in [0.5, 0.6) is 0 Å². The molecule has 2 N–H and O–H groups in total. The average Bonchev–Trinajstić information content (AvgIpc) is 2.92. The van der Waals surface area contributed by atoms with Crippen molar-refractivity contribution in [1.82, 2.24) is 9.88 Å². The van der Waals surface area contributed by atoms with Gasteiger partial charge in [-0.05, 0) is 19.8 Å². The number of aliphatic hydroxyl groups excluding tert-OH is 1. The summed E-state index contributed by atoms with van der Waals surface area (Å²) in [6.45, 7) is 1.81. The monoisotopic (exact) mass is 270 g/mol. The van der Waals surface area contributed by atoms with E-state index in [2.05, 4.69) is 5.32 Å². The molecule has 0 unspecified atom stereocenters. The van der Waals surface area contributed by atoms with Gasteiger partial charge in [-0.25, -0.2) is 0 Å². The highest BCUT2D eigenvalue weighted by atomic mass is 32.1. The smallest absolute Gasteiger partial charge is 0.307 e. The molecule has 0 radical (unpaired) electrons. The number of thiazole rings is 1. The predicted molar refractivity (Wildman–Crippen MR) is 69.7 cm³/mol. The summed E-state index contributed by atoms with van der Waals surface area (Å²) in [5.74, 6) is -0.199. The highest BCUT2D eigenvalue weighted by Crippen LogP contribution is 2.28. The van der Waals surface area contributed by atoms with Gasteiger partial charge >= 0.3 is 4.87 Å². The molecule has 0 saturated heterocycles. The summed E-state index contributed by atoms with van der Waals surface area (Å²) >= 11 is 1.10. The predicted octanol–water partition coefficient (Wildman–Crippen LogP) is 0.640. The largest absolute Gasteiger partial charge is 0.394 e. The Morgan fingerprint density at radius 3 is 2.72 bits per heavy atom. The Labute approximate surface area is 109 Å². The fraction of sp³-hybridized carbons (Fsp3) is 0.667. The molecular weight excluding hydrogens is 252 g/mol. The number of hydrogen-bond acceptors (Lipinski definition) is 4. The maximum atomic E-state index is 12.0. The van der Waals surface area contributed by atoms with E-state index in [4.69, 9.17) is 0 Å². The molecule has 0 atom stereocenters. The van der Waals surface area contributed by atoms with Gasteiger partial charge in [-0.3, -0.25) is 14.2 Å². The third kappa shape index (κ3) is 2.64. The summed E-state index contributed by atoms with van der Waals surface area (Å²) in [5, 5.41) is 14.1. The molecule has 1 saturated carbocycles. The summed E-state index contributed by atoms with van der Waals surface area (Å²) in [7, 11) is 0. The topological polar surface area (TPSA) is 71.3 Å². The fourth-order valence-electron chi connectivity index (χ4n) is 2.45. The van der Waals surface area contributed by atoms with Gasteiger partial charge in [0.2, 0.25) is 5.91 Å². The number of aryl methyl sites for hydroxylation is 1. The van der Waals surface area contributed by atoms with Crippen molar-refractivity contribution in [2.24, 2.45) is 0 Å². The van der Waals surface area contributed by atoms with Crippen molar-refractivity contribution in [3.63, 3.8) is 0 Å². The Hall–Kier alpha value is -1.14. The summed E-state index contributed by atoms with van der Waals surface area (Å²) < 4.78 is 1.46. The van der Waals surface area contributed by atoms with Crippen LogP contribution in [0.15, 0.2) is 10.2 Å². The molecular formula is C12H18N2O3S. The van der Waals surface area contributed by atoms with Gasteiger partial charge in [0.15, 0.2) is 0 Å². The van der Waals surface area contributed by atoms with Gasteiger partial charge < -0.3 is 10.4 Å². The third-order valence-corrected chi connectivity index (χ3v) is 4.43. The van der Waals surface area contributed by atoms with Crippen molar-refractivity contribution in [2.45, 2.75) is 44.7 Å². The average molecular weight is 270 g/mol. The molecule has 1 aliphatic carbocycles. The lowest BCUT2D eigenvalue weighted by Gasteiger charge is -2.28. The zero-order valence-electron chi connectivity index (χ0n) is 10.4. The van der Waals surface area contributed by atoms with Crippen LogP contribution in [0, 0.1) is 6.92 Å². The van der Waals surface area contributed by atoms with E-state index in [0.717, 1.165) is 42.7 Å². The second-order valence-electron chi connectivity index (χ2n) is 4.92. The molecule has 18 heavy (non-hydrogen) atoms. The van der Waals surface area contributed by atoms with E-state index in [-0.39, 0.29) is 23.9 Å². The van der Waals surface area contributed by atoms with E-state index in [1.54, 1.807) is 5.38 Å². The quantitative estimate of drug-likeness (QED) is 0.843. The molecule has 2 rings (SSSR count). The van der Waals surface area contributed by atoms with Crippen molar-refractivity contribution in [3.05, 3.63) is 20.7 Å². The lowest BCUT2D eigenvalue weighted by Crippen LogP contribution is -2.50. The molecule has 0 spiro atoms. The lowest BCUT2D eigenvalue weighted by molar-refractivity contribution is -0.124. The highest BCUT2D eigenvalue weighted by Gasteiger charge is 2.34. The number of hydrogen-bond donors (Lipinski definition) is 2. The summed E-state index contributed by atoms with van der Waals surface area (Å²) in [6.07, 6.45) is 3.68. The van der Waals surface area contributed by atoms with Crippen LogP contribution < -0.4 is 10.2 Å². The van der Waals surface area contributed by atoms with Gasteiger partial charge in [0.05, 0.1) is 12.1 Å². The number of carbonyl (C=O) groups is 1. The first-order valence-electron chi connectivity index (χ1n) is 6.13. The molecule has 1 aromatic heterocycles. The van der Waals surface area contributed by atoms with Crippen molar-refractivity contribution in [2.75, 3.05) is 6.61 Å². The molecule has 0 aliphatic heterocycles. The van der Waals surface area contributed by atoms with Crippen LogP contribution in [0.3, 0.4) is 0 Å². The minimum Gasteiger partial charge on any atom is -0.394 e. The first-order chi connectivity index (χ1) is 8.56. The van der Waals surface area contributed by atoms with E-state index < -0.39 is 5.54 Å². The Morgan fingerprint density at radius 1 is 1.56 bits per heavy atom. The molecule has 5 nitrogen and oxygen atoms in total. The van der Waals surface area contributed by atoms with Gasteiger partial charge in [0.25, 0.3) is 0 Å². The Morgan fingerprint density at radius 2 is 2.22 bits per heavy atom. The first-order valence-corrected chi connectivity index (χ1v) is 7.01. The number of rotatable bonds is 4. The van der Waals surface area contributed by atoms with E-state index in [1.807, 2.05) is 6.92 Å². The fourth-order valence-corrected chi connectivity index (χ4v) is 3.18. The second kappa shape index (κ2) is 5.24. The molecule has 6 heteroatoms. The molecule has 1 aromatic rings. The first kappa shape index (κ1) is 13.3. The molecule has 1 fully saturated rings. The number of nitrogens with one attached hydrogen (secondary N) is 1. The Bertz CT molecular complexity index is 486. The van der Waals surface area contributed by atoms with Crippen LogP contribution >= 0.6 is 11.3 Å². The van der Waals surface area contributed by atoms with Crippen LogP contribution in [0.25, 0.3) is 0 Å². The van der Waals surface area contributed by atoms with Crippen molar-refractivity contribution < 1.29 is 9.90 Å². The molecule has 1 amide bonds. The number of aliphatic hydroxyl groups is 1. The standard InChI is InChI=1S/C12H18N2O3S/c1-9-7-18-11(17)14(9)6-10(16)13-12(8-15)4-2-3-5-12/h7,15H,2-6,8H2,1H3,(H,13,16). The summed E-state index contributed by atoms with van der Waals surface area (Å²) in [4.78, 5) is 23.4. The van der Waals surface area contributed by atoms with Crippen molar-refractivity contribution in [1.29, 1.82) is 0 Å². The van der Waals surface area contributed by atoms with Crippen LogP contribution in [0.2, 0.25) is 0 Å². The van der Waals surface area contributed by atoms with E-state index >= 15 is 0 Å². The number of carbonyl (C=O) groups excluding carboxylic acids is 1. The van der Waals surface area contributed by atoms with Crippen LogP contribution in [0.1, 0.15) is 31.4 Å². The van der Waals surface area contributed by atoms with Gasteiger partial charge in [0.1, 0.15) is 6.54 Å². The van der Waals surface area contributed by atoms with E-state index in [1.165, 1.54) is 4.57 Å². The molecule has 1 aliphatic rings. The number of nitrogens with zero attached hydrogens (tertiary/aromatic N) is 1. The van der Waals surface area contributed by atoms with E-state index in [0.29, 0.717) is 0 Å². The minimum atomic E-state index is -0.468. The van der Waals surface area contributed by atoms with Crippen LogP contribution in [-0.4, -0.2) is 27.7 Å². The SMILES string of the molecule is Cc1csc(=O)n1CC(=O)NC1(CO)CCCC1. The van der Waals surface area contributed by atoms with Gasteiger partial charge in [-0.1, -0.05) is 24.2 Å². The van der Waals surface area contributed by atoms with Crippen molar-refractivity contribution in [3.8, 4) is 0 Å². The molecule has 100 valence electrons. The summed E-state index contributed by atoms with van der Waals surface area (Å²) in [5.41, 5.74) is 0.328. The maximum absolute atomic E-state index is 12.0. The third-order valence-electron chi connectivity index (χ3n) is 3.55. The molecule has 1 heterocycles. The van der Waals surface area contributed by atoms with Crippen molar-refractivity contribution >= 4 is 17.2 Å². The molecule has 0 bridgehead atoms. The minimum absolute atomic E-state index is 0.0315. The lowest BCUT2D eigenvalue weighted by atomic mass is 9.99. The van der Waals surface area contributed by atoms with Crippen LogP contribution in [-0.2, 0) is 11.3 Å². The van der Waals surface area contributed by atoms with Gasteiger partial charge in [-0.2, -0.15) is 0 Å². The second-order valence-corrected chi connectivity index (χ2v) is 5.74. The number of amides is 1. The Balaban J connectivity index is 2.03. The van der Waals surface area contributed by atoms with Gasteiger partial charge in [-0.15, -0.1) is 0 Å². The van der Waals surface area contributed by atoms with E-state index in [9.17, 15) is 14.7 Å². The van der Waals surface area contributed by atoms with Crippen LogP contribution in [0.4, 0.5) is 0 Å². The zero-order valence-corrected chi connectivity index (χ0v) is 11.3. The van der Waals surface area contributed by atoms with Gasteiger partial charge in [0, 0.05) is 11.1 Å². The normalized spacial score (nSPS) is 17.9. The summed E-state index contributed by atoms with van der Waals surface area (Å²) in [6, 6.07) is 0. The zero-order chi connectivity index (χ0) is 13.2. The Kier molecular flexibility index (Phi) is 3.87. The maximum Gasteiger partial charge on any atom is 0.307 e.